The smallest absolute Gasteiger partial charge is 0.269 e. The first-order valence-corrected chi connectivity index (χ1v) is 14.0. The van der Waals surface area contributed by atoms with Crippen LogP contribution in [0, 0.1) is 13.8 Å². The quantitative estimate of drug-likeness (QED) is 0.256. The Hall–Kier alpha value is -4.08. The lowest BCUT2D eigenvalue weighted by molar-refractivity contribution is 0.0961. The number of aromatic nitrogens is 4. The predicted molar refractivity (Wildman–Crippen MR) is 152 cm³/mol. The third kappa shape index (κ3) is 5.55. The topological polar surface area (TPSA) is 80.3 Å². The van der Waals surface area contributed by atoms with Crippen molar-refractivity contribution in [3.05, 3.63) is 100 Å². The highest BCUT2D eigenvalue weighted by Crippen LogP contribution is 2.28. The van der Waals surface area contributed by atoms with Crippen molar-refractivity contribution in [1.82, 2.24) is 24.9 Å². The summed E-state index contributed by atoms with van der Waals surface area (Å²) < 4.78 is 7.40. The van der Waals surface area contributed by atoms with Gasteiger partial charge in [-0.15, -0.1) is 26.6 Å². The maximum Gasteiger partial charge on any atom is 0.269 e. The lowest BCUT2D eigenvalue weighted by Crippen LogP contribution is -2.47. The van der Waals surface area contributed by atoms with Crippen molar-refractivity contribution in [3.63, 3.8) is 0 Å². The van der Waals surface area contributed by atoms with Gasteiger partial charge >= 0.3 is 0 Å². The first kappa shape index (κ1) is 25.2. The van der Waals surface area contributed by atoms with E-state index in [1.165, 1.54) is 22.5 Å². The van der Waals surface area contributed by atoms with Crippen LogP contribution in [0.25, 0.3) is 17.1 Å². The van der Waals surface area contributed by atoms with Gasteiger partial charge in [-0.3, -0.25) is 14.6 Å². The van der Waals surface area contributed by atoms with E-state index in [-0.39, 0.29) is 11.9 Å². The van der Waals surface area contributed by atoms with E-state index in [4.69, 9.17) is 9.52 Å². The zero-order chi connectivity index (χ0) is 26.8. The molecule has 0 spiro atoms. The molecule has 2 aromatic carbocycles. The Morgan fingerprint density at radius 1 is 1.03 bits per heavy atom. The molecule has 198 valence electrons. The van der Waals surface area contributed by atoms with Crippen LogP contribution in [0.5, 0.6) is 0 Å². The van der Waals surface area contributed by atoms with Crippen molar-refractivity contribution >= 4 is 23.1 Å². The van der Waals surface area contributed by atoms with Crippen molar-refractivity contribution in [3.8, 4) is 17.1 Å². The highest BCUT2D eigenvalue weighted by molar-refractivity contribution is 7.12. The highest BCUT2D eigenvalue weighted by atomic mass is 32.1. The fourth-order valence-electron chi connectivity index (χ4n) is 5.16. The van der Waals surface area contributed by atoms with E-state index < -0.39 is 0 Å². The predicted octanol–water partition coefficient (Wildman–Crippen LogP) is 5.91. The Labute approximate surface area is 231 Å². The molecule has 1 fully saturated rings. The minimum absolute atomic E-state index is 0.00229. The van der Waals surface area contributed by atoms with Crippen LogP contribution >= 0.6 is 11.3 Å². The van der Waals surface area contributed by atoms with Crippen molar-refractivity contribution in [2.24, 2.45) is 0 Å². The van der Waals surface area contributed by atoms with Gasteiger partial charge in [0.1, 0.15) is 0 Å². The lowest BCUT2D eigenvalue weighted by Gasteiger charge is -2.37. The average Bonchev–Trinajstić information content (AvgIpc) is 3.73. The number of benzene rings is 2. The van der Waals surface area contributed by atoms with Crippen molar-refractivity contribution in [2.45, 2.75) is 39.3 Å². The molecule has 1 aliphatic rings. The Balaban J connectivity index is 1.23. The fraction of sp³-hybridized carbons (Fsp3) is 0.267. The third-order valence-electron chi connectivity index (χ3n) is 7.07. The van der Waals surface area contributed by atoms with Crippen LogP contribution in [0.3, 0.4) is 0 Å². The monoisotopic (exact) mass is 538 g/mol. The molecule has 0 bridgehead atoms. The number of aryl methyl sites for hydroxylation is 2. The first-order valence-electron chi connectivity index (χ1n) is 13.1. The molecule has 0 atom stereocenters. The zero-order valence-electron chi connectivity index (χ0n) is 22.0. The van der Waals surface area contributed by atoms with E-state index >= 15 is 0 Å². The Morgan fingerprint density at radius 3 is 2.62 bits per heavy atom. The molecule has 0 radical (unpaired) electrons. The Morgan fingerprint density at radius 2 is 1.87 bits per heavy atom. The van der Waals surface area contributed by atoms with Gasteiger partial charge in [0.05, 0.1) is 10.6 Å². The van der Waals surface area contributed by atoms with Gasteiger partial charge in [0.2, 0.25) is 11.8 Å². The molecule has 3 aromatic heterocycles. The summed E-state index contributed by atoms with van der Waals surface area (Å²) in [4.78, 5) is 18.8. The summed E-state index contributed by atoms with van der Waals surface area (Å²) in [7, 11) is 0. The van der Waals surface area contributed by atoms with Gasteiger partial charge in [-0.25, -0.2) is 4.68 Å². The van der Waals surface area contributed by atoms with Gasteiger partial charge in [0.25, 0.3) is 5.91 Å². The Kier molecular flexibility index (Phi) is 7.08. The van der Waals surface area contributed by atoms with Crippen molar-refractivity contribution in [2.75, 3.05) is 18.0 Å². The summed E-state index contributed by atoms with van der Waals surface area (Å²) in [6.07, 6.45) is 3.68. The fourth-order valence-corrected chi connectivity index (χ4v) is 5.82. The molecule has 0 aliphatic carbocycles. The van der Waals surface area contributed by atoms with Crippen LogP contribution in [0.1, 0.15) is 39.5 Å². The van der Waals surface area contributed by atoms with Gasteiger partial charge in [0.15, 0.2) is 5.82 Å². The van der Waals surface area contributed by atoms with E-state index in [1.54, 1.807) is 11.6 Å². The summed E-state index contributed by atoms with van der Waals surface area (Å²) in [6.45, 7) is 6.69. The number of likely N-dealkylation sites (tertiary alicyclic amines) is 1. The molecule has 4 heterocycles. The molecule has 0 saturated carbocycles. The number of hydrogen-bond donors (Lipinski definition) is 0. The van der Waals surface area contributed by atoms with Gasteiger partial charge < -0.3 is 4.42 Å². The molecular formula is C30H30N6O2S. The van der Waals surface area contributed by atoms with Crippen molar-refractivity contribution < 1.29 is 9.21 Å². The standard InChI is InChI=1S/C30H30N6O2S/c1-21-6-3-7-23(18-21)20-34-14-11-25(12-15-34)36(30(37)27-10-5-17-39-27)28-13-16-35(33-28)26-9-4-8-24(19-26)29-32-31-22(2)38-29/h3-10,13,16-19,25H,11-12,14-15,20H2,1-2H3. The average molecular weight is 539 g/mol. The second-order valence-corrected chi connectivity index (χ2v) is 10.9. The number of carbonyl (C=O) groups excluding carboxylic acids is 1. The molecule has 9 heteroatoms. The molecular weight excluding hydrogens is 508 g/mol. The van der Waals surface area contributed by atoms with Crippen LogP contribution in [-0.4, -0.2) is 49.9 Å². The molecule has 5 aromatic rings. The number of thiophene rings is 1. The molecule has 6 rings (SSSR count). The lowest BCUT2D eigenvalue weighted by atomic mass is 10.0. The van der Waals surface area contributed by atoms with Gasteiger partial charge in [-0.2, -0.15) is 0 Å². The number of hydrogen-bond acceptors (Lipinski definition) is 7. The number of rotatable bonds is 7. The minimum atomic E-state index is 0.00229. The maximum absolute atomic E-state index is 13.7. The van der Waals surface area contributed by atoms with E-state index in [9.17, 15) is 4.79 Å². The summed E-state index contributed by atoms with van der Waals surface area (Å²) in [5.74, 6) is 1.64. The van der Waals surface area contributed by atoms with Crippen molar-refractivity contribution in [1.29, 1.82) is 0 Å². The van der Waals surface area contributed by atoms with Gasteiger partial charge in [-0.1, -0.05) is 42.0 Å². The number of nitrogens with zero attached hydrogens (tertiary/aromatic N) is 6. The summed E-state index contributed by atoms with van der Waals surface area (Å²) in [5, 5.41) is 14.9. The molecule has 1 saturated heterocycles. The van der Waals surface area contributed by atoms with E-state index in [2.05, 4.69) is 46.3 Å². The van der Waals surface area contributed by atoms with Gasteiger partial charge in [-0.05, 0) is 55.0 Å². The first-order chi connectivity index (χ1) is 19.0. The molecule has 39 heavy (non-hydrogen) atoms. The number of amides is 1. The molecule has 8 nitrogen and oxygen atoms in total. The van der Waals surface area contributed by atoms with E-state index in [0.29, 0.717) is 17.6 Å². The molecule has 1 aliphatic heterocycles. The Bertz CT molecular complexity index is 1570. The van der Waals surface area contributed by atoms with Gasteiger partial charge in [0, 0.05) is 50.4 Å². The van der Waals surface area contributed by atoms with E-state index in [0.717, 1.165) is 48.6 Å². The largest absolute Gasteiger partial charge is 0.421 e. The van der Waals surface area contributed by atoms with E-state index in [1.807, 2.05) is 58.9 Å². The molecule has 0 N–H and O–H groups in total. The summed E-state index contributed by atoms with van der Waals surface area (Å²) in [6, 6.07) is 22.3. The maximum atomic E-state index is 13.7. The number of piperidine rings is 1. The summed E-state index contributed by atoms with van der Waals surface area (Å²) >= 11 is 1.47. The van der Waals surface area contributed by atoms with Crippen LogP contribution < -0.4 is 4.90 Å². The highest BCUT2D eigenvalue weighted by Gasteiger charge is 2.32. The molecule has 1 amide bonds. The second kappa shape index (κ2) is 11.0. The zero-order valence-corrected chi connectivity index (χ0v) is 22.8. The minimum Gasteiger partial charge on any atom is -0.421 e. The normalized spacial score (nSPS) is 14.5. The number of carbonyl (C=O) groups is 1. The van der Waals surface area contributed by atoms with Crippen LogP contribution in [0.2, 0.25) is 0 Å². The SMILES string of the molecule is Cc1cccc(CN2CCC(N(C(=O)c3cccs3)c3ccn(-c4cccc(-c5nnc(C)o5)c4)n3)CC2)c1. The number of anilines is 1. The third-order valence-corrected chi connectivity index (χ3v) is 7.93. The molecule has 0 unspecified atom stereocenters. The van der Waals surface area contributed by atoms with Crippen LogP contribution in [0.4, 0.5) is 5.82 Å². The van der Waals surface area contributed by atoms with Crippen LogP contribution in [0.15, 0.2) is 82.7 Å². The summed E-state index contributed by atoms with van der Waals surface area (Å²) in [5.41, 5.74) is 4.28. The second-order valence-electron chi connectivity index (χ2n) is 9.94. The van der Waals surface area contributed by atoms with Crippen LogP contribution in [-0.2, 0) is 6.54 Å².